The molecule has 3 heterocycles. The van der Waals surface area contributed by atoms with Gasteiger partial charge in [0.25, 0.3) is 0 Å². The van der Waals surface area contributed by atoms with Crippen LogP contribution in [0.5, 0.6) is 0 Å². The molecule has 2 aliphatic heterocycles. The van der Waals surface area contributed by atoms with Crippen molar-refractivity contribution in [1.29, 1.82) is 0 Å². The third-order valence-electron chi connectivity index (χ3n) is 7.35. The number of benzene rings is 2. The van der Waals surface area contributed by atoms with Crippen LogP contribution in [0.2, 0.25) is 0 Å². The summed E-state index contributed by atoms with van der Waals surface area (Å²) in [6, 6.07) is 20.7. The molecule has 7 heteroatoms. The van der Waals surface area contributed by atoms with Crippen molar-refractivity contribution in [2.45, 2.75) is 32.2 Å². The Hall–Kier alpha value is -3.61. The predicted molar refractivity (Wildman–Crippen MR) is 146 cm³/mol. The normalized spacial score (nSPS) is 16.5. The first kappa shape index (κ1) is 24.1. The second-order valence-electron chi connectivity index (χ2n) is 9.86. The third-order valence-corrected chi connectivity index (χ3v) is 7.35. The summed E-state index contributed by atoms with van der Waals surface area (Å²) in [6.07, 6.45) is 1.55. The van der Waals surface area contributed by atoms with Crippen molar-refractivity contribution in [2.24, 2.45) is 0 Å². The van der Waals surface area contributed by atoms with Crippen LogP contribution >= 0.6 is 0 Å². The minimum atomic E-state index is -0.114. The lowest BCUT2D eigenvalue weighted by Crippen LogP contribution is -2.47. The number of nitrogens with zero attached hydrogens (tertiary/aromatic N) is 6. The smallest absolute Gasteiger partial charge is 0.230 e. The van der Waals surface area contributed by atoms with Gasteiger partial charge in [-0.2, -0.15) is 4.98 Å². The maximum Gasteiger partial charge on any atom is 0.230 e. The van der Waals surface area contributed by atoms with Gasteiger partial charge in [-0.1, -0.05) is 55.5 Å². The van der Waals surface area contributed by atoms with E-state index in [4.69, 9.17) is 9.97 Å². The van der Waals surface area contributed by atoms with Gasteiger partial charge in [-0.3, -0.25) is 4.79 Å². The van der Waals surface area contributed by atoms with Crippen LogP contribution in [-0.4, -0.2) is 67.6 Å². The molecule has 1 fully saturated rings. The van der Waals surface area contributed by atoms with E-state index in [1.807, 2.05) is 37.2 Å². The zero-order valence-electron chi connectivity index (χ0n) is 21.6. The van der Waals surface area contributed by atoms with Crippen LogP contribution in [-0.2, 0) is 17.8 Å². The average Bonchev–Trinajstić information content (AvgIpc) is 2.93. The SMILES string of the molecule is CC[C@@H](C(=O)N1CCc2nc(N3CCN(c4ccccc4)CC3)nc(N(C)C)c2C1)c1ccccc1. The third kappa shape index (κ3) is 4.87. The summed E-state index contributed by atoms with van der Waals surface area (Å²) < 4.78 is 0. The molecule has 1 aromatic heterocycles. The van der Waals surface area contributed by atoms with Gasteiger partial charge in [-0.25, -0.2) is 4.98 Å². The number of amides is 1. The molecule has 0 saturated carbocycles. The quantitative estimate of drug-likeness (QED) is 0.528. The number of para-hydroxylation sites is 1. The van der Waals surface area contributed by atoms with Gasteiger partial charge in [0.05, 0.1) is 18.2 Å². The van der Waals surface area contributed by atoms with E-state index in [0.717, 1.165) is 67.6 Å². The Balaban J connectivity index is 1.34. The molecule has 1 atom stereocenters. The molecule has 0 spiro atoms. The number of carbonyl (C=O) groups excluding carboxylic acids is 1. The van der Waals surface area contributed by atoms with Crippen LogP contribution in [0.4, 0.5) is 17.5 Å². The molecule has 0 bridgehead atoms. The van der Waals surface area contributed by atoms with Crippen LogP contribution in [0.25, 0.3) is 0 Å². The highest BCUT2D eigenvalue weighted by Gasteiger charge is 2.31. The molecule has 2 aliphatic rings. The molecule has 36 heavy (non-hydrogen) atoms. The van der Waals surface area contributed by atoms with Gasteiger partial charge < -0.3 is 19.6 Å². The maximum absolute atomic E-state index is 13.5. The van der Waals surface area contributed by atoms with Gasteiger partial charge in [0, 0.05) is 64.5 Å². The Labute approximate surface area is 214 Å². The summed E-state index contributed by atoms with van der Waals surface area (Å²) in [6.45, 7) is 7.02. The fourth-order valence-electron chi connectivity index (χ4n) is 5.35. The molecule has 1 amide bonds. The van der Waals surface area contributed by atoms with Gasteiger partial charge in [-0.15, -0.1) is 0 Å². The molecule has 0 aliphatic carbocycles. The molecular formula is C29H36N6O. The van der Waals surface area contributed by atoms with Crippen LogP contribution < -0.4 is 14.7 Å². The summed E-state index contributed by atoms with van der Waals surface area (Å²) in [5.74, 6) is 1.81. The molecule has 3 aromatic rings. The minimum Gasteiger partial charge on any atom is -0.368 e. The highest BCUT2D eigenvalue weighted by molar-refractivity contribution is 5.84. The van der Waals surface area contributed by atoms with Crippen molar-refractivity contribution in [3.05, 3.63) is 77.5 Å². The van der Waals surface area contributed by atoms with Crippen LogP contribution in [0.1, 0.15) is 36.1 Å². The summed E-state index contributed by atoms with van der Waals surface area (Å²) in [7, 11) is 4.05. The lowest BCUT2D eigenvalue weighted by Gasteiger charge is -2.37. The van der Waals surface area contributed by atoms with E-state index in [9.17, 15) is 4.79 Å². The maximum atomic E-state index is 13.5. The largest absolute Gasteiger partial charge is 0.368 e. The summed E-state index contributed by atoms with van der Waals surface area (Å²) in [4.78, 5) is 32.4. The fourth-order valence-corrected chi connectivity index (χ4v) is 5.35. The highest BCUT2D eigenvalue weighted by Crippen LogP contribution is 2.31. The first-order chi connectivity index (χ1) is 17.5. The molecule has 188 valence electrons. The molecule has 7 nitrogen and oxygen atoms in total. The molecular weight excluding hydrogens is 448 g/mol. The zero-order valence-corrected chi connectivity index (χ0v) is 21.6. The van der Waals surface area contributed by atoms with Crippen molar-refractivity contribution in [2.75, 3.05) is 61.5 Å². The molecule has 2 aromatic carbocycles. The van der Waals surface area contributed by atoms with Crippen molar-refractivity contribution in [3.63, 3.8) is 0 Å². The van der Waals surface area contributed by atoms with Crippen molar-refractivity contribution in [1.82, 2.24) is 14.9 Å². The number of piperazine rings is 1. The monoisotopic (exact) mass is 484 g/mol. The topological polar surface area (TPSA) is 55.8 Å². The van der Waals surface area contributed by atoms with Crippen LogP contribution in [0.3, 0.4) is 0 Å². The van der Waals surface area contributed by atoms with Crippen molar-refractivity contribution >= 4 is 23.4 Å². The van der Waals surface area contributed by atoms with Gasteiger partial charge in [-0.05, 0) is 24.1 Å². The molecule has 0 N–H and O–H groups in total. The Morgan fingerprint density at radius 3 is 2.17 bits per heavy atom. The standard InChI is InChI=1S/C29H36N6O/c1-4-24(22-11-7-5-8-12-22)28(36)35-16-15-26-25(21-35)27(32(2)3)31-29(30-26)34-19-17-33(18-20-34)23-13-9-6-10-14-23/h5-14,24H,4,15-21H2,1-3H3/t24-/m1/s1. The number of hydrogen-bond acceptors (Lipinski definition) is 6. The lowest BCUT2D eigenvalue weighted by molar-refractivity contribution is -0.133. The number of rotatable bonds is 6. The van der Waals surface area contributed by atoms with Crippen LogP contribution in [0.15, 0.2) is 60.7 Å². The Bertz CT molecular complexity index is 1180. The van der Waals surface area contributed by atoms with Crippen molar-refractivity contribution < 1.29 is 4.79 Å². The predicted octanol–water partition coefficient (Wildman–Crippen LogP) is 3.95. The second kappa shape index (κ2) is 10.6. The van der Waals surface area contributed by atoms with Crippen LogP contribution in [0, 0.1) is 0 Å². The highest BCUT2D eigenvalue weighted by atomic mass is 16.2. The zero-order chi connectivity index (χ0) is 25.1. The van der Waals surface area contributed by atoms with Crippen molar-refractivity contribution in [3.8, 4) is 0 Å². The van der Waals surface area contributed by atoms with E-state index in [0.29, 0.717) is 13.1 Å². The van der Waals surface area contributed by atoms with E-state index in [-0.39, 0.29) is 11.8 Å². The van der Waals surface area contributed by atoms with E-state index in [1.54, 1.807) is 0 Å². The molecule has 5 rings (SSSR count). The van der Waals surface area contributed by atoms with E-state index in [1.165, 1.54) is 5.69 Å². The number of carbonyl (C=O) groups is 1. The Kier molecular flexibility index (Phi) is 7.07. The Morgan fingerprint density at radius 1 is 0.889 bits per heavy atom. The molecule has 0 unspecified atom stereocenters. The number of anilines is 3. The van der Waals surface area contributed by atoms with Gasteiger partial charge in [0.1, 0.15) is 5.82 Å². The van der Waals surface area contributed by atoms with Gasteiger partial charge in [0.15, 0.2) is 0 Å². The van der Waals surface area contributed by atoms with Gasteiger partial charge in [0.2, 0.25) is 11.9 Å². The number of aromatic nitrogens is 2. The van der Waals surface area contributed by atoms with E-state index >= 15 is 0 Å². The lowest BCUT2D eigenvalue weighted by atomic mass is 9.93. The van der Waals surface area contributed by atoms with E-state index in [2.05, 4.69) is 64.1 Å². The molecule has 1 saturated heterocycles. The fraction of sp³-hybridized carbons (Fsp3) is 0.414. The first-order valence-corrected chi connectivity index (χ1v) is 13.0. The summed E-state index contributed by atoms with van der Waals surface area (Å²) in [5, 5.41) is 0. The Morgan fingerprint density at radius 2 is 1.53 bits per heavy atom. The first-order valence-electron chi connectivity index (χ1n) is 13.0. The molecule has 0 radical (unpaired) electrons. The minimum absolute atomic E-state index is 0.114. The average molecular weight is 485 g/mol. The van der Waals surface area contributed by atoms with Gasteiger partial charge >= 0.3 is 0 Å². The summed E-state index contributed by atoms with van der Waals surface area (Å²) in [5.41, 5.74) is 4.51. The second-order valence-corrected chi connectivity index (χ2v) is 9.86. The van der Waals surface area contributed by atoms with E-state index < -0.39 is 0 Å². The number of fused-ring (bicyclic) bond motifs is 1. The summed E-state index contributed by atoms with van der Waals surface area (Å²) >= 11 is 0. The number of hydrogen-bond donors (Lipinski definition) is 0.